The summed E-state index contributed by atoms with van der Waals surface area (Å²) in [4.78, 5) is 14.8. The molecule has 0 aliphatic carbocycles. The number of nitro groups is 1. The van der Waals surface area contributed by atoms with Gasteiger partial charge in [-0.2, -0.15) is 5.26 Å². The molecule has 0 aliphatic heterocycles. The molecule has 0 bridgehead atoms. The number of nitro benzene ring substituents is 1. The lowest BCUT2D eigenvalue weighted by Crippen LogP contribution is -2.00. The van der Waals surface area contributed by atoms with Gasteiger partial charge in [0.15, 0.2) is 5.75 Å². The number of nitriles is 1. The first-order chi connectivity index (χ1) is 10.0. The summed E-state index contributed by atoms with van der Waals surface area (Å²) < 4.78 is 5.47. The largest absolute Gasteiger partial charge is 0.480 e. The molecule has 21 heavy (non-hydrogen) atoms. The Balaban J connectivity index is 2.15. The Labute approximate surface area is 125 Å². The van der Waals surface area contributed by atoms with Crippen molar-refractivity contribution in [3.8, 4) is 11.8 Å². The van der Waals surface area contributed by atoms with Crippen LogP contribution in [0.1, 0.15) is 36.0 Å². The number of hydrogen-bond acceptors (Lipinski definition) is 6. The number of benzene rings is 1. The van der Waals surface area contributed by atoms with Gasteiger partial charge in [-0.1, -0.05) is 13.8 Å². The van der Waals surface area contributed by atoms with E-state index in [0.29, 0.717) is 5.92 Å². The van der Waals surface area contributed by atoms with Gasteiger partial charge in [0.05, 0.1) is 27.3 Å². The smallest absolute Gasteiger partial charge is 0.312 e. The van der Waals surface area contributed by atoms with Crippen molar-refractivity contribution in [3.63, 3.8) is 0 Å². The first-order valence-corrected chi connectivity index (χ1v) is 7.15. The van der Waals surface area contributed by atoms with Crippen molar-refractivity contribution >= 4 is 17.0 Å². The highest BCUT2D eigenvalue weighted by atomic mass is 32.1. The van der Waals surface area contributed by atoms with Gasteiger partial charge in [-0.3, -0.25) is 10.1 Å². The van der Waals surface area contributed by atoms with E-state index in [1.54, 1.807) is 11.3 Å². The zero-order valence-electron chi connectivity index (χ0n) is 11.6. The highest BCUT2D eigenvalue weighted by Gasteiger charge is 2.16. The fourth-order valence-electron chi connectivity index (χ4n) is 1.66. The quantitative estimate of drug-likeness (QED) is 0.621. The fourth-order valence-corrected chi connectivity index (χ4v) is 2.48. The standard InChI is InChI=1S/C14H13N3O3S/c1-9(2)14-16-11(8-21-14)7-20-13-4-3-10(6-15)5-12(13)17(18)19/h3-5,8-9H,7H2,1-2H3. The summed E-state index contributed by atoms with van der Waals surface area (Å²) in [5, 5.41) is 22.7. The van der Waals surface area contributed by atoms with Crippen molar-refractivity contribution in [1.82, 2.24) is 4.98 Å². The molecule has 0 N–H and O–H groups in total. The van der Waals surface area contributed by atoms with E-state index in [-0.39, 0.29) is 23.6 Å². The summed E-state index contributed by atoms with van der Waals surface area (Å²) in [6.07, 6.45) is 0. The number of ether oxygens (including phenoxy) is 1. The Morgan fingerprint density at radius 3 is 2.86 bits per heavy atom. The summed E-state index contributed by atoms with van der Waals surface area (Å²) in [5.74, 6) is 0.478. The number of nitrogens with zero attached hydrogens (tertiary/aromatic N) is 3. The Bertz CT molecular complexity index is 704. The molecule has 6 nitrogen and oxygen atoms in total. The van der Waals surface area contributed by atoms with E-state index >= 15 is 0 Å². The molecule has 0 amide bonds. The van der Waals surface area contributed by atoms with Gasteiger partial charge in [0, 0.05) is 17.4 Å². The third-order valence-corrected chi connectivity index (χ3v) is 3.92. The van der Waals surface area contributed by atoms with Gasteiger partial charge in [-0.05, 0) is 12.1 Å². The van der Waals surface area contributed by atoms with Crippen LogP contribution in [0.4, 0.5) is 5.69 Å². The minimum absolute atomic E-state index is 0.137. The SMILES string of the molecule is CC(C)c1nc(COc2ccc(C#N)cc2[N+](=O)[O-])cs1. The summed E-state index contributed by atoms with van der Waals surface area (Å²) in [6, 6.07) is 6.00. The van der Waals surface area contributed by atoms with E-state index in [1.165, 1.54) is 18.2 Å². The van der Waals surface area contributed by atoms with E-state index in [0.717, 1.165) is 10.7 Å². The van der Waals surface area contributed by atoms with Crippen LogP contribution in [0.5, 0.6) is 5.75 Å². The predicted octanol–water partition coefficient (Wildman–Crippen LogP) is 3.63. The number of hydrogen-bond donors (Lipinski definition) is 0. The van der Waals surface area contributed by atoms with E-state index in [2.05, 4.69) is 18.8 Å². The van der Waals surface area contributed by atoms with E-state index in [9.17, 15) is 10.1 Å². The summed E-state index contributed by atoms with van der Waals surface area (Å²) >= 11 is 1.54. The van der Waals surface area contributed by atoms with Gasteiger partial charge in [-0.25, -0.2) is 4.98 Å². The molecule has 1 aromatic carbocycles. The molecule has 0 aliphatic rings. The normalized spacial score (nSPS) is 10.4. The first-order valence-electron chi connectivity index (χ1n) is 6.27. The van der Waals surface area contributed by atoms with Crippen molar-refractivity contribution in [3.05, 3.63) is 50.0 Å². The van der Waals surface area contributed by atoms with Crippen LogP contribution in [-0.2, 0) is 6.61 Å². The van der Waals surface area contributed by atoms with Crippen LogP contribution in [0, 0.1) is 21.4 Å². The van der Waals surface area contributed by atoms with Crippen LogP contribution in [-0.4, -0.2) is 9.91 Å². The molecule has 0 fully saturated rings. The molecule has 0 radical (unpaired) electrons. The van der Waals surface area contributed by atoms with Crippen molar-refractivity contribution in [2.24, 2.45) is 0 Å². The maximum Gasteiger partial charge on any atom is 0.312 e. The summed E-state index contributed by atoms with van der Waals surface area (Å²) in [7, 11) is 0. The minimum atomic E-state index is -0.559. The van der Waals surface area contributed by atoms with Crippen LogP contribution in [0.15, 0.2) is 23.6 Å². The second-order valence-electron chi connectivity index (χ2n) is 4.67. The number of aromatic nitrogens is 1. The molecule has 0 saturated carbocycles. The lowest BCUT2D eigenvalue weighted by Gasteiger charge is -2.05. The van der Waals surface area contributed by atoms with Gasteiger partial charge in [0.25, 0.3) is 0 Å². The lowest BCUT2D eigenvalue weighted by atomic mass is 10.2. The van der Waals surface area contributed by atoms with E-state index < -0.39 is 4.92 Å². The highest BCUT2D eigenvalue weighted by Crippen LogP contribution is 2.29. The van der Waals surface area contributed by atoms with Gasteiger partial charge in [0.1, 0.15) is 6.61 Å². The highest BCUT2D eigenvalue weighted by molar-refractivity contribution is 7.09. The molecule has 0 saturated heterocycles. The molecular weight excluding hydrogens is 290 g/mol. The summed E-state index contributed by atoms with van der Waals surface area (Å²) in [6.45, 7) is 4.26. The molecule has 7 heteroatoms. The van der Waals surface area contributed by atoms with Gasteiger partial charge in [0.2, 0.25) is 0 Å². The van der Waals surface area contributed by atoms with Gasteiger partial charge in [-0.15, -0.1) is 11.3 Å². The van der Waals surface area contributed by atoms with Crippen LogP contribution >= 0.6 is 11.3 Å². The van der Waals surface area contributed by atoms with Crippen LogP contribution in [0.25, 0.3) is 0 Å². The third-order valence-electron chi connectivity index (χ3n) is 2.72. The fraction of sp³-hybridized carbons (Fsp3) is 0.286. The van der Waals surface area contributed by atoms with Gasteiger partial charge >= 0.3 is 5.69 Å². The first kappa shape index (κ1) is 14.9. The Kier molecular flexibility index (Phi) is 4.50. The monoisotopic (exact) mass is 303 g/mol. The van der Waals surface area contributed by atoms with Crippen molar-refractivity contribution in [2.45, 2.75) is 26.4 Å². The minimum Gasteiger partial charge on any atom is -0.480 e. The molecule has 1 aromatic heterocycles. The third kappa shape index (κ3) is 3.55. The zero-order chi connectivity index (χ0) is 15.4. The van der Waals surface area contributed by atoms with Crippen LogP contribution in [0.2, 0.25) is 0 Å². The molecule has 2 aromatic rings. The molecular formula is C14H13N3O3S. The Morgan fingerprint density at radius 2 is 2.29 bits per heavy atom. The molecule has 2 rings (SSSR count). The molecule has 108 valence electrons. The zero-order valence-corrected chi connectivity index (χ0v) is 12.4. The number of rotatable bonds is 5. The molecule has 0 atom stereocenters. The van der Waals surface area contributed by atoms with Crippen LogP contribution < -0.4 is 4.74 Å². The van der Waals surface area contributed by atoms with Crippen molar-refractivity contribution in [2.75, 3.05) is 0 Å². The van der Waals surface area contributed by atoms with Crippen molar-refractivity contribution < 1.29 is 9.66 Å². The van der Waals surface area contributed by atoms with Crippen LogP contribution in [0.3, 0.4) is 0 Å². The maximum atomic E-state index is 11.0. The lowest BCUT2D eigenvalue weighted by molar-refractivity contribution is -0.386. The maximum absolute atomic E-state index is 11.0. The van der Waals surface area contributed by atoms with E-state index in [4.69, 9.17) is 10.00 Å². The Morgan fingerprint density at radius 1 is 1.52 bits per heavy atom. The second-order valence-corrected chi connectivity index (χ2v) is 5.56. The second kappa shape index (κ2) is 6.33. The van der Waals surface area contributed by atoms with Crippen molar-refractivity contribution in [1.29, 1.82) is 5.26 Å². The molecule has 0 unspecified atom stereocenters. The Hall–Kier alpha value is -2.46. The average molecular weight is 303 g/mol. The summed E-state index contributed by atoms with van der Waals surface area (Å²) in [5.41, 5.74) is 0.750. The average Bonchev–Trinajstić information content (AvgIpc) is 2.94. The number of thiazole rings is 1. The molecule has 1 heterocycles. The van der Waals surface area contributed by atoms with E-state index in [1.807, 2.05) is 11.4 Å². The van der Waals surface area contributed by atoms with Gasteiger partial charge < -0.3 is 4.74 Å². The topological polar surface area (TPSA) is 89.0 Å². The predicted molar refractivity (Wildman–Crippen MR) is 78.3 cm³/mol. The molecule has 0 spiro atoms.